The van der Waals surface area contributed by atoms with Gasteiger partial charge in [-0.3, -0.25) is 4.79 Å². The molecule has 0 radical (unpaired) electrons. The van der Waals surface area contributed by atoms with Crippen LogP contribution in [0.25, 0.3) is 0 Å². The zero-order chi connectivity index (χ0) is 10.1. The van der Waals surface area contributed by atoms with Crippen molar-refractivity contribution < 1.29 is 4.79 Å². The van der Waals surface area contributed by atoms with Crippen molar-refractivity contribution in [2.75, 3.05) is 18.1 Å². The van der Waals surface area contributed by atoms with Crippen LogP contribution in [0.4, 0.5) is 5.69 Å². The number of nitrogens with zero attached hydrogens (tertiary/aromatic N) is 1. The van der Waals surface area contributed by atoms with Crippen molar-refractivity contribution in [2.24, 2.45) is 0 Å². The van der Waals surface area contributed by atoms with Gasteiger partial charge < -0.3 is 4.90 Å². The van der Waals surface area contributed by atoms with E-state index in [-0.39, 0.29) is 5.91 Å². The van der Waals surface area contributed by atoms with Crippen molar-refractivity contribution in [1.29, 1.82) is 0 Å². The summed E-state index contributed by atoms with van der Waals surface area (Å²) in [7, 11) is 0.837. The number of benzene rings is 1. The molecular formula is C11H14NOP. The molecule has 0 aliphatic carbocycles. The quantitative estimate of drug-likeness (QED) is 0.639. The van der Waals surface area contributed by atoms with Crippen LogP contribution in [0.1, 0.15) is 12.5 Å². The minimum atomic E-state index is 0.149. The number of carbonyl (C=O) groups is 1. The lowest BCUT2D eigenvalue weighted by molar-refractivity contribution is -0.116. The van der Waals surface area contributed by atoms with Gasteiger partial charge in [0.15, 0.2) is 0 Å². The molecule has 0 saturated carbocycles. The molecule has 0 aromatic heterocycles. The Bertz CT molecular complexity index is 376. The second-order valence-electron chi connectivity index (χ2n) is 3.51. The summed E-state index contributed by atoms with van der Waals surface area (Å²) in [5.74, 6) is 0.149. The second kappa shape index (κ2) is 3.70. The third kappa shape index (κ3) is 1.55. The molecule has 1 aromatic rings. The van der Waals surface area contributed by atoms with E-state index in [1.165, 1.54) is 10.9 Å². The van der Waals surface area contributed by atoms with Crippen LogP contribution in [0.5, 0.6) is 0 Å². The first-order chi connectivity index (χ1) is 6.72. The van der Waals surface area contributed by atoms with Gasteiger partial charge >= 0.3 is 0 Å². The van der Waals surface area contributed by atoms with Crippen molar-refractivity contribution >= 4 is 25.5 Å². The van der Waals surface area contributed by atoms with Gasteiger partial charge in [0.1, 0.15) is 0 Å². The molecule has 0 N–H and O–H groups in total. The molecule has 0 saturated heterocycles. The summed E-state index contributed by atoms with van der Waals surface area (Å²) in [4.78, 5) is 13.1. The average molecular weight is 207 g/mol. The van der Waals surface area contributed by atoms with Crippen LogP contribution in [-0.4, -0.2) is 19.1 Å². The minimum absolute atomic E-state index is 0.149. The number of rotatable bonds is 1. The van der Waals surface area contributed by atoms with Gasteiger partial charge in [0.2, 0.25) is 5.91 Å². The molecule has 0 spiro atoms. The molecule has 1 atom stereocenters. The van der Waals surface area contributed by atoms with Crippen LogP contribution in [0.3, 0.4) is 0 Å². The van der Waals surface area contributed by atoms with Gasteiger partial charge in [-0.15, -0.1) is 0 Å². The first-order valence-electron chi connectivity index (χ1n) is 4.81. The Hall–Kier alpha value is -0.880. The van der Waals surface area contributed by atoms with Crippen LogP contribution >= 0.6 is 8.58 Å². The fourth-order valence-corrected chi connectivity index (χ4v) is 2.45. The Morgan fingerprint density at radius 2 is 2.29 bits per heavy atom. The van der Waals surface area contributed by atoms with Crippen molar-refractivity contribution in [2.45, 2.75) is 13.3 Å². The van der Waals surface area contributed by atoms with Crippen LogP contribution in [0.15, 0.2) is 18.2 Å². The molecule has 2 rings (SSSR count). The first-order valence-corrected chi connectivity index (χ1v) is 6.31. The van der Waals surface area contributed by atoms with Crippen molar-refractivity contribution in [3.8, 4) is 0 Å². The number of carbonyl (C=O) groups excluding carboxylic acids is 1. The summed E-state index contributed by atoms with van der Waals surface area (Å²) >= 11 is 0. The highest BCUT2D eigenvalue weighted by atomic mass is 31.1. The maximum atomic E-state index is 11.3. The highest BCUT2D eigenvalue weighted by Crippen LogP contribution is 2.27. The zero-order valence-corrected chi connectivity index (χ0v) is 9.50. The number of fused-ring (bicyclic) bond motifs is 1. The van der Waals surface area contributed by atoms with E-state index < -0.39 is 0 Å². The van der Waals surface area contributed by atoms with E-state index >= 15 is 0 Å². The fourth-order valence-electron chi connectivity index (χ4n) is 1.88. The Morgan fingerprint density at radius 3 is 2.93 bits per heavy atom. The number of anilines is 1. The Balaban J connectivity index is 2.38. The molecule has 1 aromatic carbocycles. The normalized spacial score (nSPS) is 15.1. The van der Waals surface area contributed by atoms with Crippen LogP contribution in [-0.2, 0) is 11.2 Å². The zero-order valence-electron chi connectivity index (χ0n) is 8.50. The standard InChI is InChI=1S/C11H14NOP/c1-8(13)12-6-5-9-7-10(14-2)3-4-11(9)12/h3-4,7,14H,5-6H2,1-2H3. The molecule has 1 amide bonds. The van der Waals surface area contributed by atoms with Gasteiger partial charge in [-0.2, -0.15) is 0 Å². The van der Waals surface area contributed by atoms with Gasteiger partial charge in [-0.25, -0.2) is 0 Å². The van der Waals surface area contributed by atoms with Gasteiger partial charge in [-0.05, 0) is 36.1 Å². The SMILES string of the molecule is CPc1ccc2c(c1)CCN2C(C)=O. The summed E-state index contributed by atoms with van der Waals surface area (Å²) in [5, 5.41) is 1.38. The lowest BCUT2D eigenvalue weighted by Crippen LogP contribution is -2.25. The third-order valence-corrected chi connectivity index (χ3v) is 3.53. The van der Waals surface area contributed by atoms with Gasteiger partial charge in [0, 0.05) is 19.2 Å². The van der Waals surface area contributed by atoms with Crippen molar-refractivity contribution in [3.63, 3.8) is 0 Å². The molecule has 2 nitrogen and oxygen atoms in total. The van der Waals surface area contributed by atoms with Crippen LogP contribution in [0.2, 0.25) is 0 Å². The smallest absolute Gasteiger partial charge is 0.223 e. The van der Waals surface area contributed by atoms with Gasteiger partial charge in [0.25, 0.3) is 0 Å². The number of hydrogen-bond acceptors (Lipinski definition) is 1. The molecule has 3 heteroatoms. The maximum Gasteiger partial charge on any atom is 0.223 e. The molecule has 1 unspecified atom stereocenters. The monoisotopic (exact) mass is 207 g/mol. The third-order valence-electron chi connectivity index (χ3n) is 2.64. The van der Waals surface area contributed by atoms with Gasteiger partial charge in [0.05, 0.1) is 0 Å². The van der Waals surface area contributed by atoms with E-state index in [0.717, 1.165) is 27.2 Å². The van der Waals surface area contributed by atoms with Crippen LogP contribution < -0.4 is 10.2 Å². The Morgan fingerprint density at radius 1 is 1.50 bits per heavy atom. The Labute approximate surface area is 86.1 Å². The van der Waals surface area contributed by atoms with Crippen molar-refractivity contribution in [1.82, 2.24) is 0 Å². The topological polar surface area (TPSA) is 20.3 Å². The van der Waals surface area contributed by atoms with E-state index in [2.05, 4.69) is 24.9 Å². The van der Waals surface area contributed by atoms with E-state index in [1.54, 1.807) is 6.92 Å². The summed E-state index contributed by atoms with van der Waals surface area (Å²) in [5.41, 5.74) is 2.44. The lowest BCUT2D eigenvalue weighted by atomic mass is 10.2. The van der Waals surface area contributed by atoms with E-state index in [0.29, 0.717) is 0 Å². The molecule has 0 fully saturated rings. The lowest BCUT2D eigenvalue weighted by Gasteiger charge is -2.14. The average Bonchev–Trinajstić information content (AvgIpc) is 2.59. The van der Waals surface area contributed by atoms with Gasteiger partial charge in [-0.1, -0.05) is 14.6 Å². The maximum absolute atomic E-state index is 11.3. The first kappa shape index (κ1) is 9.67. The predicted molar refractivity (Wildman–Crippen MR) is 62.0 cm³/mol. The summed E-state index contributed by atoms with van der Waals surface area (Å²) in [6, 6.07) is 6.44. The summed E-state index contributed by atoms with van der Waals surface area (Å²) in [6.07, 6.45) is 1.01. The number of hydrogen-bond donors (Lipinski definition) is 0. The fraction of sp³-hybridized carbons (Fsp3) is 0.364. The minimum Gasteiger partial charge on any atom is -0.312 e. The molecule has 0 bridgehead atoms. The highest BCUT2D eigenvalue weighted by Gasteiger charge is 2.21. The van der Waals surface area contributed by atoms with E-state index in [1.807, 2.05) is 4.90 Å². The van der Waals surface area contributed by atoms with E-state index in [9.17, 15) is 4.79 Å². The largest absolute Gasteiger partial charge is 0.312 e. The summed E-state index contributed by atoms with van der Waals surface area (Å²) < 4.78 is 0. The second-order valence-corrected chi connectivity index (χ2v) is 4.59. The van der Waals surface area contributed by atoms with E-state index in [4.69, 9.17) is 0 Å². The molecular weight excluding hydrogens is 193 g/mol. The van der Waals surface area contributed by atoms with Crippen LogP contribution in [0, 0.1) is 0 Å². The summed E-state index contributed by atoms with van der Waals surface area (Å²) in [6.45, 7) is 4.66. The molecule has 1 heterocycles. The predicted octanol–water partition coefficient (Wildman–Crippen LogP) is 1.53. The highest BCUT2D eigenvalue weighted by molar-refractivity contribution is 7.46. The molecule has 74 valence electrons. The molecule has 1 aliphatic heterocycles. The Kier molecular flexibility index (Phi) is 2.56. The molecule has 1 aliphatic rings. The molecule has 14 heavy (non-hydrogen) atoms. The number of amides is 1. The van der Waals surface area contributed by atoms with Crippen molar-refractivity contribution in [3.05, 3.63) is 23.8 Å².